The first kappa shape index (κ1) is 20.8. The van der Waals surface area contributed by atoms with Crippen LogP contribution in [0.2, 0.25) is 0 Å². The molecular weight excluding hydrogens is 388 g/mol. The van der Waals surface area contributed by atoms with E-state index < -0.39 is 35.6 Å². The number of hydrogen-bond acceptors (Lipinski definition) is 5. The number of hydrazine groups is 1. The summed E-state index contributed by atoms with van der Waals surface area (Å²) in [5.41, 5.74) is 5.42. The lowest BCUT2D eigenvalue weighted by Gasteiger charge is -2.17. The van der Waals surface area contributed by atoms with E-state index in [1.807, 2.05) is 26.0 Å². The van der Waals surface area contributed by atoms with Crippen LogP contribution in [0.4, 0.5) is 0 Å². The third kappa shape index (κ3) is 4.40. The van der Waals surface area contributed by atoms with Gasteiger partial charge in [-0.05, 0) is 50.1 Å². The molecule has 0 saturated carbocycles. The minimum absolute atomic E-state index is 0.202. The van der Waals surface area contributed by atoms with Crippen molar-refractivity contribution in [1.82, 2.24) is 20.6 Å². The zero-order chi connectivity index (χ0) is 21.8. The molecule has 9 nitrogen and oxygen atoms in total. The largest absolute Gasteiger partial charge is 0.481 e. The topological polar surface area (TPSA) is 122 Å². The van der Waals surface area contributed by atoms with Crippen LogP contribution in [0, 0.1) is 13.8 Å². The average molecular weight is 410 g/mol. The fraction of sp³-hybridized carbons (Fsp3) is 0.238. The Bertz CT molecular complexity index is 1230. The van der Waals surface area contributed by atoms with Crippen molar-refractivity contribution in [1.29, 1.82) is 0 Å². The molecule has 0 unspecified atom stereocenters. The molecular formula is C21H22N4O5. The lowest BCUT2D eigenvalue weighted by atomic mass is 10.1. The van der Waals surface area contributed by atoms with Crippen molar-refractivity contribution in [3.8, 4) is 5.75 Å². The number of aromatic nitrogens is 2. The van der Waals surface area contributed by atoms with Gasteiger partial charge in [0.15, 0.2) is 6.10 Å². The number of benzene rings is 2. The Morgan fingerprint density at radius 2 is 1.73 bits per heavy atom. The second-order valence-corrected chi connectivity index (χ2v) is 6.87. The zero-order valence-electron chi connectivity index (χ0n) is 16.8. The second kappa shape index (κ2) is 8.64. The maximum atomic E-state index is 12.4. The van der Waals surface area contributed by atoms with Crippen LogP contribution in [-0.4, -0.2) is 27.7 Å². The summed E-state index contributed by atoms with van der Waals surface area (Å²) in [4.78, 5) is 48.9. The first-order chi connectivity index (χ1) is 14.3. The highest BCUT2D eigenvalue weighted by molar-refractivity contribution is 5.85. The summed E-state index contributed by atoms with van der Waals surface area (Å²) in [7, 11) is 0. The fourth-order valence-electron chi connectivity index (χ4n) is 2.87. The van der Waals surface area contributed by atoms with Crippen LogP contribution in [0.5, 0.6) is 5.75 Å². The summed E-state index contributed by atoms with van der Waals surface area (Å²) in [5.74, 6) is -0.678. The first-order valence-corrected chi connectivity index (χ1v) is 9.31. The maximum absolute atomic E-state index is 12.4. The molecule has 156 valence electrons. The molecule has 0 saturated heterocycles. The van der Waals surface area contributed by atoms with Gasteiger partial charge in [-0.3, -0.25) is 35.1 Å². The molecule has 3 N–H and O–H groups in total. The second-order valence-electron chi connectivity index (χ2n) is 6.87. The molecule has 2 aromatic carbocycles. The predicted octanol–water partition coefficient (Wildman–Crippen LogP) is 0.922. The fourth-order valence-corrected chi connectivity index (χ4v) is 2.87. The SMILES string of the molecule is Cc1cccc(O[C@@H](C)C(=O)NNC(=O)Cn2[nH]c(=O)c3ccccc3c2=O)c1C. The number of nitrogens with one attached hydrogen (secondary N) is 3. The smallest absolute Gasteiger partial charge is 0.279 e. The molecule has 1 aromatic heterocycles. The van der Waals surface area contributed by atoms with Crippen LogP contribution in [0.1, 0.15) is 18.1 Å². The minimum Gasteiger partial charge on any atom is -0.481 e. The molecule has 3 aromatic rings. The summed E-state index contributed by atoms with van der Waals surface area (Å²) in [6, 6.07) is 11.8. The molecule has 30 heavy (non-hydrogen) atoms. The van der Waals surface area contributed by atoms with Gasteiger partial charge in [-0.25, -0.2) is 4.68 Å². The van der Waals surface area contributed by atoms with Gasteiger partial charge in [0.05, 0.1) is 10.8 Å². The minimum atomic E-state index is -0.867. The summed E-state index contributed by atoms with van der Waals surface area (Å²) in [6.45, 7) is 4.91. The zero-order valence-corrected chi connectivity index (χ0v) is 16.8. The van der Waals surface area contributed by atoms with E-state index in [9.17, 15) is 19.2 Å². The highest BCUT2D eigenvalue weighted by Crippen LogP contribution is 2.21. The van der Waals surface area contributed by atoms with Crippen LogP contribution in [0.3, 0.4) is 0 Å². The van der Waals surface area contributed by atoms with Gasteiger partial charge in [0.1, 0.15) is 12.3 Å². The number of nitrogens with zero attached hydrogens (tertiary/aromatic N) is 1. The van der Waals surface area contributed by atoms with Crippen molar-refractivity contribution in [2.24, 2.45) is 0 Å². The number of amides is 2. The highest BCUT2D eigenvalue weighted by atomic mass is 16.5. The predicted molar refractivity (Wildman–Crippen MR) is 111 cm³/mol. The Hall–Kier alpha value is -3.88. The molecule has 0 aliphatic carbocycles. The average Bonchev–Trinajstić information content (AvgIpc) is 2.73. The molecule has 0 aliphatic rings. The molecule has 3 rings (SSSR count). The number of carbonyl (C=O) groups is 2. The standard InChI is InChI=1S/C21H22N4O5/c1-12-7-6-10-17(13(12)2)30-14(3)19(27)23-22-18(26)11-25-21(29)16-9-5-4-8-15(16)20(28)24-25/h4-10,14H,11H2,1-3H3,(H,22,26)(H,23,27)(H,24,28)/t14-/m0/s1. The molecule has 2 amide bonds. The maximum Gasteiger partial charge on any atom is 0.279 e. The van der Waals surface area contributed by atoms with Crippen LogP contribution < -0.4 is 26.7 Å². The van der Waals surface area contributed by atoms with Crippen molar-refractivity contribution in [2.45, 2.75) is 33.4 Å². The van der Waals surface area contributed by atoms with Gasteiger partial charge < -0.3 is 4.74 Å². The van der Waals surface area contributed by atoms with E-state index in [0.29, 0.717) is 5.75 Å². The molecule has 0 spiro atoms. The molecule has 0 radical (unpaired) electrons. The van der Waals surface area contributed by atoms with Crippen LogP contribution in [0.25, 0.3) is 10.8 Å². The quantitative estimate of drug-likeness (QED) is 0.540. The van der Waals surface area contributed by atoms with Gasteiger partial charge in [-0.2, -0.15) is 0 Å². The van der Waals surface area contributed by atoms with Gasteiger partial charge in [0, 0.05) is 0 Å². The molecule has 1 atom stereocenters. The highest BCUT2D eigenvalue weighted by Gasteiger charge is 2.17. The number of hydrogen-bond donors (Lipinski definition) is 3. The van der Waals surface area contributed by atoms with E-state index in [2.05, 4.69) is 16.0 Å². The Morgan fingerprint density at radius 3 is 2.47 bits per heavy atom. The van der Waals surface area contributed by atoms with E-state index in [1.165, 1.54) is 12.1 Å². The lowest BCUT2D eigenvalue weighted by Crippen LogP contribution is -2.49. The van der Waals surface area contributed by atoms with E-state index in [4.69, 9.17) is 4.74 Å². The van der Waals surface area contributed by atoms with E-state index in [-0.39, 0.29) is 10.8 Å². The van der Waals surface area contributed by atoms with Crippen molar-refractivity contribution in [3.05, 3.63) is 74.3 Å². The number of fused-ring (bicyclic) bond motifs is 1. The summed E-state index contributed by atoms with van der Waals surface area (Å²) >= 11 is 0. The van der Waals surface area contributed by atoms with Crippen LogP contribution in [0.15, 0.2) is 52.1 Å². The number of ether oxygens (including phenoxy) is 1. The van der Waals surface area contributed by atoms with Gasteiger partial charge in [0.25, 0.3) is 22.9 Å². The number of aryl methyl sites for hydroxylation is 1. The monoisotopic (exact) mass is 410 g/mol. The molecule has 0 aliphatic heterocycles. The number of aromatic amines is 1. The number of rotatable bonds is 5. The van der Waals surface area contributed by atoms with Gasteiger partial charge in [-0.15, -0.1) is 0 Å². The lowest BCUT2D eigenvalue weighted by molar-refractivity contribution is -0.133. The first-order valence-electron chi connectivity index (χ1n) is 9.31. The third-order valence-corrected chi connectivity index (χ3v) is 4.74. The molecule has 0 bridgehead atoms. The Morgan fingerprint density at radius 1 is 1.03 bits per heavy atom. The molecule has 9 heteroatoms. The van der Waals surface area contributed by atoms with Crippen molar-refractivity contribution >= 4 is 22.6 Å². The Balaban J connectivity index is 1.62. The Kier molecular flexibility index (Phi) is 6.01. The number of carbonyl (C=O) groups excluding carboxylic acids is 2. The summed E-state index contributed by atoms with van der Waals surface area (Å²) < 4.78 is 6.55. The van der Waals surface area contributed by atoms with Gasteiger partial charge in [-0.1, -0.05) is 24.3 Å². The van der Waals surface area contributed by atoms with Crippen molar-refractivity contribution < 1.29 is 14.3 Å². The van der Waals surface area contributed by atoms with Crippen LogP contribution >= 0.6 is 0 Å². The normalized spacial score (nSPS) is 11.7. The van der Waals surface area contributed by atoms with Crippen molar-refractivity contribution in [2.75, 3.05) is 0 Å². The van der Waals surface area contributed by atoms with Crippen LogP contribution in [-0.2, 0) is 16.1 Å². The van der Waals surface area contributed by atoms with E-state index >= 15 is 0 Å². The van der Waals surface area contributed by atoms with Crippen molar-refractivity contribution in [3.63, 3.8) is 0 Å². The van der Waals surface area contributed by atoms with E-state index in [1.54, 1.807) is 25.1 Å². The summed E-state index contributed by atoms with van der Waals surface area (Å²) in [6.07, 6.45) is -0.867. The number of H-pyrrole nitrogens is 1. The third-order valence-electron chi connectivity index (χ3n) is 4.74. The Labute approximate surface area is 171 Å². The van der Waals surface area contributed by atoms with Gasteiger partial charge >= 0.3 is 0 Å². The van der Waals surface area contributed by atoms with E-state index in [0.717, 1.165) is 15.8 Å². The molecule has 0 fully saturated rings. The molecule has 1 heterocycles. The summed E-state index contributed by atoms with van der Waals surface area (Å²) in [5, 5.41) is 2.80. The van der Waals surface area contributed by atoms with Gasteiger partial charge in [0.2, 0.25) is 0 Å².